The molecule has 0 saturated carbocycles. The van der Waals surface area contributed by atoms with Crippen molar-refractivity contribution in [3.63, 3.8) is 0 Å². The number of hydrogen-bond acceptors (Lipinski definition) is 4. The highest BCUT2D eigenvalue weighted by Crippen LogP contribution is 2.23. The minimum absolute atomic E-state index is 0.0454. The number of carbonyl (C=O) groups excluding carboxylic acids is 1. The lowest BCUT2D eigenvalue weighted by atomic mass is 10.1. The molecule has 1 amide bonds. The molecule has 1 unspecified atom stereocenters. The third-order valence-corrected chi connectivity index (χ3v) is 2.65. The van der Waals surface area contributed by atoms with Crippen molar-refractivity contribution in [1.29, 1.82) is 0 Å². The molecule has 0 spiro atoms. The lowest BCUT2D eigenvalue weighted by Gasteiger charge is -2.16. The first-order chi connectivity index (χ1) is 9.52. The Morgan fingerprint density at radius 3 is 2.65 bits per heavy atom. The number of phenols is 1. The number of hydrogen-bond donors (Lipinski definition) is 3. The molecule has 1 aromatic carbocycles. The van der Waals surface area contributed by atoms with Crippen LogP contribution in [0, 0.1) is 0 Å². The van der Waals surface area contributed by atoms with Crippen LogP contribution in [0.1, 0.15) is 26.2 Å². The summed E-state index contributed by atoms with van der Waals surface area (Å²) in [7, 11) is 0. The number of carboxylic acid groups (broad SMARTS) is 1. The second-order valence-corrected chi connectivity index (χ2v) is 4.41. The average Bonchev–Trinajstić information content (AvgIpc) is 2.37. The Morgan fingerprint density at radius 2 is 2.05 bits per heavy atom. The van der Waals surface area contributed by atoms with Crippen LogP contribution in [-0.2, 0) is 9.59 Å². The van der Waals surface area contributed by atoms with E-state index in [1.54, 1.807) is 18.2 Å². The van der Waals surface area contributed by atoms with Gasteiger partial charge in [-0.05, 0) is 18.6 Å². The third kappa shape index (κ3) is 5.60. The minimum atomic E-state index is -0.953. The van der Waals surface area contributed by atoms with Gasteiger partial charge in [-0.1, -0.05) is 25.5 Å². The number of amides is 1. The van der Waals surface area contributed by atoms with Gasteiger partial charge in [-0.15, -0.1) is 0 Å². The maximum atomic E-state index is 11.7. The van der Waals surface area contributed by atoms with Gasteiger partial charge in [-0.2, -0.15) is 0 Å². The standard InChI is InChI=1S/C14H19NO5/c1-2-5-10(8-14(18)19)15-13(17)9-20-12-7-4-3-6-11(12)16/h3-4,6-7,10,16H,2,5,8-9H2,1H3,(H,15,17)(H,18,19). The van der Waals surface area contributed by atoms with E-state index in [4.69, 9.17) is 9.84 Å². The summed E-state index contributed by atoms with van der Waals surface area (Å²) in [5.41, 5.74) is 0. The van der Waals surface area contributed by atoms with E-state index in [1.807, 2.05) is 6.92 Å². The number of nitrogens with one attached hydrogen (secondary N) is 1. The fourth-order valence-corrected chi connectivity index (χ4v) is 1.78. The lowest BCUT2D eigenvalue weighted by Crippen LogP contribution is -2.39. The Balaban J connectivity index is 2.45. The predicted molar refractivity (Wildman–Crippen MR) is 72.7 cm³/mol. The van der Waals surface area contributed by atoms with E-state index in [2.05, 4.69) is 5.32 Å². The molecule has 0 aliphatic heterocycles. The first-order valence-corrected chi connectivity index (χ1v) is 6.44. The number of para-hydroxylation sites is 2. The summed E-state index contributed by atoms with van der Waals surface area (Å²) in [5, 5.41) is 20.8. The molecular weight excluding hydrogens is 262 g/mol. The highest BCUT2D eigenvalue weighted by molar-refractivity contribution is 5.78. The van der Waals surface area contributed by atoms with Crippen LogP contribution >= 0.6 is 0 Å². The highest BCUT2D eigenvalue weighted by Gasteiger charge is 2.15. The van der Waals surface area contributed by atoms with E-state index in [0.717, 1.165) is 6.42 Å². The minimum Gasteiger partial charge on any atom is -0.504 e. The first-order valence-electron chi connectivity index (χ1n) is 6.44. The Kier molecular flexibility index (Phi) is 6.36. The van der Waals surface area contributed by atoms with Gasteiger partial charge in [0.2, 0.25) is 0 Å². The van der Waals surface area contributed by atoms with Crippen molar-refractivity contribution < 1.29 is 24.5 Å². The molecule has 0 aliphatic rings. The fraction of sp³-hybridized carbons (Fsp3) is 0.429. The number of benzene rings is 1. The zero-order chi connectivity index (χ0) is 15.0. The van der Waals surface area contributed by atoms with Crippen LogP contribution in [0.4, 0.5) is 0 Å². The van der Waals surface area contributed by atoms with Crippen molar-refractivity contribution in [2.45, 2.75) is 32.2 Å². The Labute approximate surface area is 117 Å². The number of carboxylic acids is 1. The molecule has 6 heteroatoms. The van der Waals surface area contributed by atoms with Gasteiger partial charge in [0.25, 0.3) is 5.91 Å². The summed E-state index contributed by atoms with van der Waals surface area (Å²) in [4.78, 5) is 22.4. The smallest absolute Gasteiger partial charge is 0.305 e. The summed E-state index contributed by atoms with van der Waals surface area (Å²) in [6, 6.07) is 5.92. The average molecular weight is 281 g/mol. The molecular formula is C14H19NO5. The Bertz CT molecular complexity index is 461. The van der Waals surface area contributed by atoms with E-state index in [1.165, 1.54) is 6.07 Å². The number of aromatic hydroxyl groups is 1. The van der Waals surface area contributed by atoms with Gasteiger partial charge >= 0.3 is 5.97 Å². The zero-order valence-electron chi connectivity index (χ0n) is 11.3. The van der Waals surface area contributed by atoms with Crippen molar-refractivity contribution in [2.75, 3.05) is 6.61 Å². The second-order valence-electron chi connectivity index (χ2n) is 4.41. The van der Waals surface area contributed by atoms with Crippen LogP contribution in [0.3, 0.4) is 0 Å². The number of carbonyl (C=O) groups is 2. The Hall–Kier alpha value is -2.24. The van der Waals surface area contributed by atoms with E-state index in [9.17, 15) is 14.7 Å². The summed E-state index contributed by atoms with van der Waals surface area (Å²) in [5.74, 6) is -1.19. The summed E-state index contributed by atoms with van der Waals surface area (Å²) in [6.07, 6.45) is 1.25. The fourth-order valence-electron chi connectivity index (χ4n) is 1.78. The number of rotatable bonds is 8. The molecule has 0 heterocycles. The molecule has 1 rings (SSSR count). The van der Waals surface area contributed by atoms with Crippen molar-refractivity contribution >= 4 is 11.9 Å². The van der Waals surface area contributed by atoms with Crippen LogP contribution in [0.25, 0.3) is 0 Å². The topological polar surface area (TPSA) is 95.9 Å². The zero-order valence-corrected chi connectivity index (χ0v) is 11.3. The molecule has 0 bridgehead atoms. The van der Waals surface area contributed by atoms with Crippen molar-refractivity contribution in [2.24, 2.45) is 0 Å². The van der Waals surface area contributed by atoms with E-state index < -0.39 is 17.9 Å². The molecule has 0 aliphatic carbocycles. The SMILES string of the molecule is CCCC(CC(=O)O)NC(=O)COc1ccccc1O. The molecule has 110 valence electrons. The van der Waals surface area contributed by atoms with Crippen LogP contribution < -0.4 is 10.1 Å². The molecule has 6 nitrogen and oxygen atoms in total. The Morgan fingerprint density at radius 1 is 1.35 bits per heavy atom. The van der Waals surface area contributed by atoms with Crippen LogP contribution in [0.5, 0.6) is 11.5 Å². The van der Waals surface area contributed by atoms with Crippen molar-refractivity contribution in [3.05, 3.63) is 24.3 Å². The maximum Gasteiger partial charge on any atom is 0.305 e. The third-order valence-electron chi connectivity index (χ3n) is 2.65. The molecule has 0 radical (unpaired) electrons. The molecule has 0 aromatic heterocycles. The molecule has 3 N–H and O–H groups in total. The molecule has 1 atom stereocenters. The molecule has 0 saturated heterocycles. The number of phenolic OH excluding ortho intramolecular Hbond substituents is 1. The monoisotopic (exact) mass is 281 g/mol. The van der Waals surface area contributed by atoms with Crippen molar-refractivity contribution in [1.82, 2.24) is 5.32 Å². The molecule has 20 heavy (non-hydrogen) atoms. The quantitative estimate of drug-likeness (QED) is 0.671. The van der Waals surface area contributed by atoms with Crippen molar-refractivity contribution in [3.8, 4) is 11.5 Å². The summed E-state index contributed by atoms with van der Waals surface area (Å²) >= 11 is 0. The molecule has 0 fully saturated rings. The largest absolute Gasteiger partial charge is 0.504 e. The lowest BCUT2D eigenvalue weighted by molar-refractivity contribution is -0.137. The van der Waals surface area contributed by atoms with Gasteiger partial charge in [-0.3, -0.25) is 9.59 Å². The molecule has 1 aromatic rings. The van der Waals surface area contributed by atoms with Crippen LogP contribution in [-0.4, -0.2) is 34.7 Å². The number of aliphatic carboxylic acids is 1. The van der Waals surface area contributed by atoms with Gasteiger partial charge in [-0.25, -0.2) is 0 Å². The second kappa shape index (κ2) is 8.04. The highest BCUT2D eigenvalue weighted by atomic mass is 16.5. The first kappa shape index (κ1) is 15.8. The van der Waals surface area contributed by atoms with Gasteiger partial charge in [0, 0.05) is 6.04 Å². The van der Waals surface area contributed by atoms with E-state index in [-0.39, 0.29) is 24.5 Å². The van der Waals surface area contributed by atoms with E-state index in [0.29, 0.717) is 6.42 Å². The van der Waals surface area contributed by atoms with Gasteiger partial charge < -0.3 is 20.3 Å². The summed E-state index contributed by atoms with van der Waals surface area (Å²) < 4.78 is 5.17. The van der Waals surface area contributed by atoms with Crippen LogP contribution in [0.15, 0.2) is 24.3 Å². The predicted octanol–water partition coefficient (Wildman–Crippen LogP) is 1.53. The maximum absolute atomic E-state index is 11.7. The van der Waals surface area contributed by atoms with Gasteiger partial charge in [0.15, 0.2) is 18.1 Å². The summed E-state index contributed by atoms with van der Waals surface area (Å²) in [6.45, 7) is 1.65. The van der Waals surface area contributed by atoms with E-state index >= 15 is 0 Å². The normalized spacial score (nSPS) is 11.7. The number of ether oxygens (including phenoxy) is 1. The van der Waals surface area contributed by atoms with Gasteiger partial charge in [0.05, 0.1) is 6.42 Å². The van der Waals surface area contributed by atoms with Crippen LogP contribution in [0.2, 0.25) is 0 Å². The van der Waals surface area contributed by atoms with Gasteiger partial charge in [0.1, 0.15) is 0 Å².